The van der Waals surface area contributed by atoms with Crippen molar-refractivity contribution < 1.29 is 4.39 Å². The summed E-state index contributed by atoms with van der Waals surface area (Å²) in [4.78, 5) is 0. The molecule has 2 aromatic carbocycles. The summed E-state index contributed by atoms with van der Waals surface area (Å²) in [5.41, 5.74) is 13.1. The molecule has 0 amide bonds. The molecule has 1 unspecified atom stereocenters. The van der Waals surface area contributed by atoms with Crippen LogP contribution in [0.15, 0.2) is 24.3 Å². The summed E-state index contributed by atoms with van der Waals surface area (Å²) >= 11 is 5.86. The number of benzene rings is 2. The summed E-state index contributed by atoms with van der Waals surface area (Å²) in [5, 5.41) is 0.109. The van der Waals surface area contributed by atoms with Crippen molar-refractivity contribution in [3.05, 3.63) is 68.5 Å². The average molecular weight is 292 g/mol. The van der Waals surface area contributed by atoms with Crippen LogP contribution in [0.2, 0.25) is 5.02 Å². The fraction of sp³-hybridized carbons (Fsp3) is 0.294. The lowest BCUT2D eigenvalue weighted by Gasteiger charge is -2.21. The van der Waals surface area contributed by atoms with E-state index in [1.807, 2.05) is 0 Å². The number of rotatable bonds is 2. The van der Waals surface area contributed by atoms with Crippen molar-refractivity contribution in [3.63, 3.8) is 0 Å². The zero-order chi connectivity index (χ0) is 15.0. The standard InChI is InChI=1S/C17H19ClFN/c1-9-7-10(2)12(4)16(11(9)3)17(20)13-5-6-15(19)14(18)8-13/h5-8,17H,20H2,1-4H3. The second-order valence-corrected chi connectivity index (χ2v) is 5.73. The van der Waals surface area contributed by atoms with E-state index < -0.39 is 5.82 Å². The minimum atomic E-state index is -0.420. The molecule has 0 heterocycles. The number of hydrogen-bond donors (Lipinski definition) is 1. The van der Waals surface area contributed by atoms with Gasteiger partial charge < -0.3 is 5.73 Å². The van der Waals surface area contributed by atoms with E-state index in [4.69, 9.17) is 17.3 Å². The van der Waals surface area contributed by atoms with E-state index in [0.29, 0.717) is 0 Å². The van der Waals surface area contributed by atoms with E-state index in [1.165, 1.54) is 28.3 Å². The summed E-state index contributed by atoms with van der Waals surface area (Å²) in [5.74, 6) is -0.420. The molecule has 0 radical (unpaired) electrons. The molecule has 0 fully saturated rings. The Labute approximate surface area is 124 Å². The Morgan fingerprint density at radius 1 is 1.00 bits per heavy atom. The Morgan fingerprint density at radius 2 is 1.55 bits per heavy atom. The maximum Gasteiger partial charge on any atom is 0.141 e. The van der Waals surface area contributed by atoms with Crippen molar-refractivity contribution in [1.82, 2.24) is 0 Å². The van der Waals surface area contributed by atoms with Gasteiger partial charge in [-0.25, -0.2) is 4.39 Å². The topological polar surface area (TPSA) is 26.0 Å². The van der Waals surface area contributed by atoms with Gasteiger partial charge >= 0.3 is 0 Å². The van der Waals surface area contributed by atoms with Crippen molar-refractivity contribution in [2.45, 2.75) is 33.7 Å². The molecule has 106 valence electrons. The van der Waals surface area contributed by atoms with Crippen LogP contribution in [0.4, 0.5) is 4.39 Å². The van der Waals surface area contributed by atoms with Gasteiger partial charge in [-0.2, -0.15) is 0 Å². The number of aryl methyl sites for hydroxylation is 2. The first-order valence-electron chi connectivity index (χ1n) is 6.60. The molecule has 0 saturated heterocycles. The molecule has 1 nitrogen and oxygen atoms in total. The third kappa shape index (κ3) is 2.58. The maximum atomic E-state index is 13.3. The highest BCUT2D eigenvalue weighted by Gasteiger charge is 2.17. The number of hydrogen-bond acceptors (Lipinski definition) is 1. The molecule has 0 aliphatic rings. The minimum absolute atomic E-state index is 0.109. The molecule has 20 heavy (non-hydrogen) atoms. The molecule has 1 atom stereocenters. The van der Waals surface area contributed by atoms with Gasteiger partial charge in [-0.3, -0.25) is 0 Å². The van der Waals surface area contributed by atoms with Gasteiger partial charge in [0.2, 0.25) is 0 Å². The Kier molecular flexibility index (Phi) is 4.17. The molecule has 0 spiro atoms. The smallest absolute Gasteiger partial charge is 0.141 e. The number of nitrogens with two attached hydrogens (primary N) is 1. The fourth-order valence-electron chi connectivity index (χ4n) is 2.59. The number of halogens is 2. The van der Waals surface area contributed by atoms with Gasteiger partial charge in [0.1, 0.15) is 5.82 Å². The van der Waals surface area contributed by atoms with Crippen LogP contribution in [0.1, 0.15) is 39.4 Å². The third-order valence-electron chi connectivity index (χ3n) is 4.04. The van der Waals surface area contributed by atoms with Crippen LogP contribution >= 0.6 is 11.6 Å². The summed E-state index contributed by atoms with van der Waals surface area (Å²) in [6.45, 7) is 8.30. The van der Waals surface area contributed by atoms with Crippen LogP contribution in [0, 0.1) is 33.5 Å². The first kappa shape index (κ1) is 15.0. The van der Waals surface area contributed by atoms with Crippen molar-refractivity contribution in [2.24, 2.45) is 5.73 Å². The highest BCUT2D eigenvalue weighted by molar-refractivity contribution is 6.30. The van der Waals surface area contributed by atoms with Crippen molar-refractivity contribution in [2.75, 3.05) is 0 Å². The second kappa shape index (κ2) is 5.55. The van der Waals surface area contributed by atoms with Crippen LogP contribution < -0.4 is 5.73 Å². The lowest BCUT2D eigenvalue weighted by molar-refractivity contribution is 0.626. The molecule has 0 aromatic heterocycles. The predicted octanol–water partition coefficient (Wildman–Crippen LogP) is 4.76. The summed E-state index contributed by atoms with van der Waals surface area (Å²) in [7, 11) is 0. The Hall–Kier alpha value is -1.38. The maximum absolute atomic E-state index is 13.3. The lowest BCUT2D eigenvalue weighted by atomic mass is 9.87. The van der Waals surface area contributed by atoms with Gasteiger partial charge in [-0.1, -0.05) is 23.7 Å². The van der Waals surface area contributed by atoms with Gasteiger partial charge in [-0.15, -0.1) is 0 Å². The predicted molar refractivity (Wildman–Crippen MR) is 82.8 cm³/mol. The minimum Gasteiger partial charge on any atom is -0.320 e. The highest BCUT2D eigenvalue weighted by Crippen LogP contribution is 2.31. The van der Waals surface area contributed by atoms with Gasteiger partial charge in [0.05, 0.1) is 11.1 Å². The zero-order valence-electron chi connectivity index (χ0n) is 12.2. The molecular formula is C17H19ClFN. The summed E-state index contributed by atoms with van der Waals surface area (Å²) in [6, 6.07) is 6.54. The van der Waals surface area contributed by atoms with E-state index in [1.54, 1.807) is 12.1 Å². The van der Waals surface area contributed by atoms with E-state index >= 15 is 0 Å². The largest absolute Gasteiger partial charge is 0.320 e. The Bertz CT molecular complexity index is 638. The van der Waals surface area contributed by atoms with Gasteiger partial charge in [0.15, 0.2) is 0 Å². The fourth-order valence-corrected chi connectivity index (χ4v) is 2.78. The normalized spacial score (nSPS) is 12.6. The SMILES string of the molecule is Cc1cc(C)c(C)c(C(N)c2ccc(F)c(Cl)c2)c1C. The van der Waals surface area contributed by atoms with Crippen LogP contribution in [-0.2, 0) is 0 Å². The van der Waals surface area contributed by atoms with Crippen LogP contribution in [0.3, 0.4) is 0 Å². The van der Waals surface area contributed by atoms with E-state index in [9.17, 15) is 4.39 Å². The first-order valence-corrected chi connectivity index (χ1v) is 6.98. The third-order valence-corrected chi connectivity index (χ3v) is 4.33. The van der Waals surface area contributed by atoms with E-state index in [0.717, 1.165) is 11.1 Å². The molecule has 2 rings (SSSR count). The summed E-state index contributed by atoms with van der Waals surface area (Å²) in [6.07, 6.45) is 0. The molecule has 0 saturated carbocycles. The van der Waals surface area contributed by atoms with Gasteiger partial charge in [0, 0.05) is 0 Å². The van der Waals surface area contributed by atoms with E-state index in [2.05, 4.69) is 33.8 Å². The average Bonchev–Trinajstić information content (AvgIpc) is 2.40. The molecule has 3 heteroatoms. The monoisotopic (exact) mass is 291 g/mol. The first-order chi connectivity index (χ1) is 9.32. The van der Waals surface area contributed by atoms with Crippen molar-refractivity contribution in [3.8, 4) is 0 Å². The van der Waals surface area contributed by atoms with Crippen LogP contribution in [0.5, 0.6) is 0 Å². The molecule has 0 aliphatic heterocycles. The van der Waals surface area contributed by atoms with Crippen molar-refractivity contribution in [1.29, 1.82) is 0 Å². The van der Waals surface area contributed by atoms with Gasteiger partial charge in [0.25, 0.3) is 0 Å². The zero-order valence-corrected chi connectivity index (χ0v) is 13.0. The second-order valence-electron chi connectivity index (χ2n) is 5.33. The molecule has 2 N–H and O–H groups in total. The molecule has 2 aromatic rings. The van der Waals surface area contributed by atoms with Crippen molar-refractivity contribution >= 4 is 11.6 Å². The Morgan fingerprint density at radius 3 is 2.05 bits per heavy atom. The summed E-state index contributed by atoms with van der Waals surface area (Å²) < 4.78 is 13.3. The van der Waals surface area contributed by atoms with Crippen LogP contribution in [-0.4, -0.2) is 0 Å². The Balaban J connectivity index is 2.58. The highest BCUT2D eigenvalue weighted by atomic mass is 35.5. The molecular weight excluding hydrogens is 273 g/mol. The van der Waals surface area contributed by atoms with Crippen LogP contribution in [0.25, 0.3) is 0 Å². The quantitative estimate of drug-likeness (QED) is 0.848. The van der Waals surface area contributed by atoms with E-state index in [-0.39, 0.29) is 11.1 Å². The molecule has 0 bridgehead atoms. The molecule has 0 aliphatic carbocycles. The lowest BCUT2D eigenvalue weighted by Crippen LogP contribution is -2.16. The van der Waals surface area contributed by atoms with Gasteiger partial charge in [-0.05, 0) is 73.2 Å².